The van der Waals surface area contributed by atoms with E-state index in [1.54, 1.807) is 0 Å². The zero-order valence-corrected chi connectivity index (χ0v) is 8.95. The van der Waals surface area contributed by atoms with E-state index >= 15 is 0 Å². The maximum atomic E-state index is 4.34. The lowest BCUT2D eigenvalue weighted by Crippen LogP contribution is -2.24. The van der Waals surface area contributed by atoms with Gasteiger partial charge in [-0.05, 0) is 31.4 Å². The van der Waals surface area contributed by atoms with Crippen LogP contribution in [0.25, 0.3) is 0 Å². The fraction of sp³-hybridized carbons (Fsp3) is 0.700. The Hall–Kier alpha value is -0.765. The Kier molecular flexibility index (Phi) is 3.24. The fourth-order valence-electron chi connectivity index (χ4n) is 1.96. The number of rotatable bonds is 4. The zero-order chi connectivity index (χ0) is 9.80. The van der Waals surface area contributed by atoms with Crippen LogP contribution >= 0.6 is 0 Å². The van der Waals surface area contributed by atoms with Crippen molar-refractivity contribution >= 4 is 12.7 Å². The minimum Gasteiger partial charge on any atom is -0.301 e. The predicted molar refractivity (Wildman–Crippen MR) is 60.5 cm³/mol. The van der Waals surface area contributed by atoms with E-state index in [4.69, 9.17) is 0 Å². The highest BCUT2D eigenvalue weighted by Crippen LogP contribution is 2.06. The van der Waals surface area contributed by atoms with Gasteiger partial charge in [-0.3, -0.25) is 4.68 Å². The molecule has 4 heteroatoms. The molecule has 76 valence electrons. The van der Waals surface area contributed by atoms with Crippen LogP contribution in [0.3, 0.4) is 0 Å². The standard InChI is InChI=1S/C10H18BN3/c1-11-10-8-12-14(9-10)7-6-13-4-2-3-5-13/h8-9,11H,2-7H2,1H3. The van der Waals surface area contributed by atoms with E-state index in [0.717, 1.165) is 20.4 Å². The molecular weight excluding hydrogens is 173 g/mol. The molecule has 0 bridgehead atoms. The smallest absolute Gasteiger partial charge is 0.158 e. The molecule has 2 heterocycles. The van der Waals surface area contributed by atoms with E-state index in [9.17, 15) is 0 Å². The fourth-order valence-corrected chi connectivity index (χ4v) is 1.96. The van der Waals surface area contributed by atoms with Gasteiger partial charge in [0.05, 0.1) is 6.54 Å². The molecule has 0 atom stereocenters. The summed E-state index contributed by atoms with van der Waals surface area (Å²) in [5.74, 6) is 0. The molecule has 0 aromatic carbocycles. The van der Waals surface area contributed by atoms with E-state index in [2.05, 4.69) is 27.7 Å². The highest BCUT2D eigenvalue weighted by atomic mass is 15.3. The second-order valence-corrected chi connectivity index (χ2v) is 4.01. The Balaban J connectivity index is 1.79. The Bertz CT molecular complexity index is 279. The number of nitrogens with zero attached hydrogens (tertiary/aromatic N) is 3. The lowest BCUT2D eigenvalue weighted by atomic mass is 9.75. The van der Waals surface area contributed by atoms with Crippen molar-refractivity contribution in [3.63, 3.8) is 0 Å². The van der Waals surface area contributed by atoms with Crippen molar-refractivity contribution in [1.82, 2.24) is 14.7 Å². The molecule has 1 aliphatic rings. The zero-order valence-electron chi connectivity index (χ0n) is 8.95. The Labute approximate surface area is 86.3 Å². The molecule has 1 aliphatic heterocycles. The maximum Gasteiger partial charge on any atom is 0.158 e. The molecule has 1 saturated heterocycles. The van der Waals surface area contributed by atoms with Gasteiger partial charge in [0.2, 0.25) is 0 Å². The van der Waals surface area contributed by atoms with Crippen LogP contribution in [0.1, 0.15) is 12.8 Å². The third-order valence-corrected chi connectivity index (χ3v) is 2.94. The average molecular weight is 191 g/mol. The summed E-state index contributed by atoms with van der Waals surface area (Å²) in [7, 11) is 1.09. The molecule has 1 aromatic heterocycles. The molecule has 0 saturated carbocycles. The van der Waals surface area contributed by atoms with Crippen molar-refractivity contribution in [3.8, 4) is 0 Å². The van der Waals surface area contributed by atoms with Crippen LogP contribution in [0.2, 0.25) is 6.82 Å². The molecule has 1 aromatic rings. The summed E-state index contributed by atoms with van der Waals surface area (Å²) in [5.41, 5.74) is 1.34. The minimum absolute atomic E-state index is 1.04. The van der Waals surface area contributed by atoms with Crippen LogP contribution < -0.4 is 5.46 Å². The van der Waals surface area contributed by atoms with E-state index in [0.29, 0.717) is 0 Å². The molecular formula is C10H18BN3. The summed E-state index contributed by atoms with van der Waals surface area (Å²) in [6.45, 7) is 6.93. The van der Waals surface area contributed by atoms with Gasteiger partial charge in [0.25, 0.3) is 0 Å². The van der Waals surface area contributed by atoms with Crippen LogP contribution in [0, 0.1) is 0 Å². The highest BCUT2D eigenvalue weighted by Gasteiger charge is 2.10. The number of hydrogen-bond donors (Lipinski definition) is 0. The lowest BCUT2D eigenvalue weighted by molar-refractivity contribution is 0.316. The third kappa shape index (κ3) is 2.38. The predicted octanol–water partition coefficient (Wildman–Crippen LogP) is 0.0888. The van der Waals surface area contributed by atoms with Gasteiger partial charge < -0.3 is 4.90 Å². The molecule has 0 aliphatic carbocycles. The summed E-state index contributed by atoms with van der Waals surface area (Å²) < 4.78 is 2.07. The largest absolute Gasteiger partial charge is 0.301 e. The maximum absolute atomic E-state index is 4.34. The van der Waals surface area contributed by atoms with Gasteiger partial charge >= 0.3 is 0 Å². The van der Waals surface area contributed by atoms with Crippen LogP contribution in [0.15, 0.2) is 12.4 Å². The number of aromatic nitrogens is 2. The second kappa shape index (κ2) is 4.64. The molecule has 0 N–H and O–H groups in total. The van der Waals surface area contributed by atoms with Crippen molar-refractivity contribution in [3.05, 3.63) is 12.4 Å². The lowest BCUT2D eigenvalue weighted by Gasteiger charge is -2.13. The van der Waals surface area contributed by atoms with E-state index < -0.39 is 0 Å². The first kappa shape index (κ1) is 9.78. The van der Waals surface area contributed by atoms with Gasteiger partial charge in [0.1, 0.15) is 0 Å². The monoisotopic (exact) mass is 191 g/mol. The quantitative estimate of drug-likeness (QED) is 0.629. The van der Waals surface area contributed by atoms with Crippen molar-refractivity contribution in [2.24, 2.45) is 0 Å². The number of hydrogen-bond acceptors (Lipinski definition) is 2. The van der Waals surface area contributed by atoms with Crippen molar-refractivity contribution in [1.29, 1.82) is 0 Å². The van der Waals surface area contributed by atoms with E-state index in [1.165, 1.54) is 31.4 Å². The van der Waals surface area contributed by atoms with Crippen molar-refractivity contribution in [2.45, 2.75) is 26.2 Å². The molecule has 0 radical (unpaired) electrons. The molecule has 2 rings (SSSR count). The molecule has 0 unspecified atom stereocenters. The summed E-state index contributed by atoms with van der Waals surface area (Å²) in [6, 6.07) is 0. The second-order valence-electron chi connectivity index (χ2n) is 4.01. The Morgan fingerprint density at radius 1 is 1.36 bits per heavy atom. The Morgan fingerprint density at radius 3 is 2.79 bits per heavy atom. The average Bonchev–Trinajstić information content (AvgIpc) is 2.86. The van der Waals surface area contributed by atoms with Crippen LogP contribution in [0.4, 0.5) is 0 Å². The van der Waals surface area contributed by atoms with Crippen LogP contribution in [-0.4, -0.2) is 41.6 Å². The summed E-state index contributed by atoms with van der Waals surface area (Å²) in [6.07, 6.45) is 6.89. The van der Waals surface area contributed by atoms with E-state index in [1.807, 2.05) is 6.20 Å². The highest BCUT2D eigenvalue weighted by molar-refractivity contribution is 6.51. The van der Waals surface area contributed by atoms with Gasteiger partial charge in [-0.2, -0.15) is 5.10 Å². The van der Waals surface area contributed by atoms with Gasteiger partial charge in [-0.25, -0.2) is 0 Å². The summed E-state index contributed by atoms with van der Waals surface area (Å²) >= 11 is 0. The molecule has 0 amide bonds. The topological polar surface area (TPSA) is 21.1 Å². The summed E-state index contributed by atoms with van der Waals surface area (Å²) in [5, 5.41) is 4.34. The van der Waals surface area contributed by atoms with Crippen molar-refractivity contribution in [2.75, 3.05) is 19.6 Å². The first-order valence-corrected chi connectivity index (χ1v) is 5.62. The molecule has 14 heavy (non-hydrogen) atoms. The first-order valence-electron chi connectivity index (χ1n) is 5.62. The summed E-state index contributed by atoms with van der Waals surface area (Å²) in [4.78, 5) is 2.52. The molecule has 0 spiro atoms. The van der Waals surface area contributed by atoms with Crippen LogP contribution in [0.5, 0.6) is 0 Å². The minimum atomic E-state index is 1.04. The molecule has 1 fully saturated rings. The number of likely N-dealkylation sites (tertiary alicyclic amines) is 1. The van der Waals surface area contributed by atoms with Gasteiger partial charge in [0, 0.05) is 18.9 Å². The van der Waals surface area contributed by atoms with E-state index in [-0.39, 0.29) is 0 Å². The van der Waals surface area contributed by atoms with Gasteiger partial charge in [0.15, 0.2) is 7.28 Å². The molecule has 3 nitrogen and oxygen atoms in total. The Morgan fingerprint density at radius 2 is 2.14 bits per heavy atom. The van der Waals surface area contributed by atoms with Gasteiger partial charge in [-0.1, -0.05) is 6.82 Å². The van der Waals surface area contributed by atoms with Crippen molar-refractivity contribution < 1.29 is 0 Å². The first-order chi connectivity index (χ1) is 6.88. The van der Waals surface area contributed by atoms with Crippen LogP contribution in [-0.2, 0) is 6.54 Å². The normalized spacial score (nSPS) is 17.5. The SMILES string of the molecule is CBc1cnn(CCN2CCCC2)c1. The van der Waals surface area contributed by atoms with Gasteiger partial charge in [-0.15, -0.1) is 0 Å². The third-order valence-electron chi connectivity index (χ3n) is 2.94.